The van der Waals surface area contributed by atoms with E-state index in [0.29, 0.717) is 29.1 Å². The molecule has 0 amide bonds. The van der Waals surface area contributed by atoms with Gasteiger partial charge < -0.3 is 16.4 Å². The maximum atomic E-state index is 6.18. The van der Waals surface area contributed by atoms with Gasteiger partial charge in [-0.25, -0.2) is 15.0 Å². The van der Waals surface area contributed by atoms with Gasteiger partial charge in [0.15, 0.2) is 11.6 Å². The van der Waals surface area contributed by atoms with Crippen molar-refractivity contribution in [1.29, 1.82) is 0 Å². The first-order valence-electron chi connectivity index (χ1n) is 7.79. The first-order chi connectivity index (χ1) is 11.6. The zero-order chi connectivity index (χ0) is 16.9. The Kier molecular flexibility index (Phi) is 4.56. The molecule has 24 heavy (non-hydrogen) atoms. The molecule has 3 rings (SSSR count). The first-order valence-corrected chi connectivity index (χ1v) is 7.79. The number of pyridine rings is 1. The summed E-state index contributed by atoms with van der Waals surface area (Å²) < 4.78 is 0. The molecule has 1 aromatic carbocycles. The third-order valence-electron chi connectivity index (χ3n) is 3.64. The smallest absolute Gasteiger partial charge is 0.160 e. The Hall–Kier alpha value is -3.15. The maximum absolute atomic E-state index is 6.18. The summed E-state index contributed by atoms with van der Waals surface area (Å²) in [6.45, 7) is 4.33. The lowest BCUT2D eigenvalue weighted by Gasteiger charge is -2.13. The molecule has 0 bridgehead atoms. The first kappa shape index (κ1) is 15.7. The van der Waals surface area contributed by atoms with Crippen LogP contribution in [0.15, 0.2) is 55.0 Å². The van der Waals surface area contributed by atoms with Crippen molar-refractivity contribution < 1.29 is 0 Å². The fourth-order valence-corrected chi connectivity index (χ4v) is 2.24. The average molecular weight is 320 g/mol. The molecule has 6 heteroatoms. The molecule has 0 aliphatic carbocycles. The van der Waals surface area contributed by atoms with Crippen LogP contribution in [0, 0.1) is 0 Å². The normalized spacial score (nSPS) is 10.6. The van der Waals surface area contributed by atoms with E-state index in [0.717, 1.165) is 5.69 Å². The zero-order valence-electron chi connectivity index (χ0n) is 13.7. The molecule has 6 nitrogen and oxygen atoms in total. The number of anilines is 5. The molecular formula is C18H20N6. The summed E-state index contributed by atoms with van der Waals surface area (Å²) in [4.78, 5) is 12.6. The summed E-state index contributed by atoms with van der Waals surface area (Å²) in [6, 6.07) is 13.8. The topological polar surface area (TPSA) is 88.8 Å². The second-order valence-corrected chi connectivity index (χ2v) is 5.73. The molecule has 0 aliphatic heterocycles. The maximum Gasteiger partial charge on any atom is 0.160 e. The highest BCUT2D eigenvalue weighted by atomic mass is 15.1. The van der Waals surface area contributed by atoms with Gasteiger partial charge in [0.2, 0.25) is 0 Å². The second-order valence-electron chi connectivity index (χ2n) is 5.73. The van der Waals surface area contributed by atoms with Crippen LogP contribution in [0.1, 0.15) is 25.3 Å². The minimum absolute atomic E-state index is 0.441. The Morgan fingerprint density at radius 1 is 0.875 bits per heavy atom. The Bertz CT molecular complexity index is 799. The monoisotopic (exact) mass is 320 g/mol. The quantitative estimate of drug-likeness (QED) is 0.657. The summed E-state index contributed by atoms with van der Waals surface area (Å²) in [7, 11) is 0. The summed E-state index contributed by atoms with van der Waals surface area (Å²) in [5, 5.41) is 6.32. The molecule has 2 aromatic heterocycles. The zero-order valence-corrected chi connectivity index (χ0v) is 13.7. The number of nitrogen functional groups attached to an aromatic ring is 1. The van der Waals surface area contributed by atoms with Crippen LogP contribution in [0.2, 0.25) is 0 Å². The number of hydrogen-bond acceptors (Lipinski definition) is 6. The van der Waals surface area contributed by atoms with Crippen LogP contribution < -0.4 is 16.4 Å². The number of aromatic nitrogens is 3. The molecule has 0 saturated carbocycles. The minimum Gasteiger partial charge on any atom is -0.393 e. The Labute approximate surface area is 141 Å². The van der Waals surface area contributed by atoms with E-state index in [4.69, 9.17) is 5.73 Å². The highest BCUT2D eigenvalue weighted by molar-refractivity contribution is 5.79. The van der Waals surface area contributed by atoms with Crippen molar-refractivity contribution in [2.24, 2.45) is 0 Å². The third kappa shape index (κ3) is 3.60. The van der Waals surface area contributed by atoms with Gasteiger partial charge in [0.1, 0.15) is 17.8 Å². The average Bonchev–Trinajstić information content (AvgIpc) is 2.60. The fourth-order valence-electron chi connectivity index (χ4n) is 2.24. The SMILES string of the molecule is CC(C)c1ccc(Nc2ncnc(Nc3ccccn3)c2N)cc1. The van der Waals surface area contributed by atoms with Crippen molar-refractivity contribution in [2.75, 3.05) is 16.4 Å². The standard InChI is InChI=1S/C18H20N6/c1-12(2)13-6-8-14(9-7-13)23-17-16(19)18(22-11-21-17)24-15-5-3-4-10-20-15/h3-12H,19H2,1-2H3,(H2,20,21,22,23,24). The van der Waals surface area contributed by atoms with Crippen LogP contribution in [0.4, 0.5) is 28.8 Å². The predicted molar refractivity (Wildman–Crippen MR) is 97.8 cm³/mol. The lowest BCUT2D eigenvalue weighted by molar-refractivity contribution is 0.867. The molecule has 2 heterocycles. The van der Waals surface area contributed by atoms with E-state index in [2.05, 4.69) is 51.6 Å². The summed E-state index contributed by atoms with van der Waals surface area (Å²) in [5.74, 6) is 2.25. The van der Waals surface area contributed by atoms with Gasteiger partial charge in [0.05, 0.1) is 0 Å². The van der Waals surface area contributed by atoms with Crippen LogP contribution in [0.3, 0.4) is 0 Å². The van der Waals surface area contributed by atoms with Crippen molar-refractivity contribution in [1.82, 2.24) is 15.0 Å². The van der Waals surface area contributed by atoms with E-state index in [-0.39, 0.29) is 0 Å². The van der Waals surface area contributed by atoms with Gasteiger partial charge in [-0.2, -0.15) is 0 Å². The Balaban J connectivity index is 1.80. The molecule has 122 valence electrons. The van der Waals surface area contributed by atoms with Gasteiger partial charge in [-0.1, -0.05) is 32.0 Å². The van der Waals surface area contributed by atoms with Crippen molar-refractivity contribution in [3.63, 3.8) is 0 Å². The molecule has 0 radical (unpaired) electrons. The Morgan fingerprint density at radius 3 is 2.21 bits per heavy atom. The highest BCUT2D eigenvalue weighted by Gasteiger charge is 2.09. The third-order valence-corrected chi connectivity index (χ3v) is 3.64. The van der Waals surface area contributed by atoms with Gasteiger partial charge in [-0.15, -0.1) is 0 Å². The van der Waals surface area contributed by atoms with Crippen molar-refractivity contribution in [3.05, 3.63) is 60.6 Å². The van der Waals surface area contributed by atoms with Crippen LogP contribution in [-0.2, 0) is 0 Å². The van der Waals surface area contributed by atoms with Crippen molar-refractivity contribution in [2.45, 2.75) is 19.8 Å². The largest absolute Gasteiger partial charge is 0.393 e. The van der Waals surface area contributed by atoms with Gasteiger partial charge >= 0.3 is 0 Å². The molecule has 0 spiro atoms. The van der Waals surface area contributed by atoms with E-state index in [9.17, 15) is 0 Å². The van der Waals surface area contributed by atoms with E-state index >= 15 is 0 Å². The van der Waals surface area contributed by atoms with Crippen molar-refractivity contribution in [3.8, 4) is 0 Å². The molecular weight excluding hydrogens is 300 g/mol. The summed E-state index contributed by atoms with van der Waals surface area (Å²) in [6.07, 6.45) is 3.17. The summed E-state index contributed by atoms with van der Waals surface area (Å²) >= 11 is 0. The fraction of sp³-hybridized carbons (Fsp3) is 0.167. The number of nitrogens with two attached hydrogens (primary N) is 1. The molecule has 4 N–H and O–H groups in total. The highest BCUT2D eigenvalue weighted by Crippen LogP contribution is 2.28. The molecule has 3 aromatic rings. The van der Waals surface area contributed by atoms with E-state index in [1.807, 2.05) is 30.3 Å². The van der Waals surface area contributed by atoms with E-state index in [1.165, 1.54) is 11.9 Å². The number of hydrogen-bond donors (Lipinski definition) is 3. The van der Waals surface area contributed by atoms with E-state index in [1.54, 1.807) is 6.20 Å². The van der Waals surface area contributed by atoms with E-state index < -0.39 is 0 Å². The predicted octanol–water partition coefficient (Wildman–Crippen LogP) is 4.06. The van der Waals surface area contributed by atoms with Crippen LogP contribution >= 0.6 is 0 Å². The van der Waals surface area contributed by atoms with Gasteiger partial charge in [0.25, 0.3) is 0 Å². The molecule has 0 saturated heterocycles. The Morgan fingerprint density at radius 2 is 1.58 bits per heavy atom. The minimum atomic E-state index is 0.441. The number of nitrogens with zero attached hydrogens (tertiary/aromatic N) is 3. The van der Waals surface area contributed by atoms with Gasteiger partial charge in [-0.3, -0.25) is 0 Å². The van der Waals surface area contributed by atoms with Crippen LogP contribution in [0.5, 0.6) is 0 Å². The van der Waals surface area contributed by atoms with Crippen LogP contribution in [-0.4, -0.2) is 15.0 Å². The van der Waals surface area contributed by atoms with Gasteiger partial charge in [0, 0.05) is 11.9 Å². The molecule has 0 unspecified atom stereocenters. The molecule has 0 atom stereocenters. The van der Waals surface area contributed by atoms with Gasteiger partial charge in [-0.05, 0) is 35.7 Å². The number of rotatable bonds is 5. The summed E-state index contributed by atoms with van der Waals surface area (Å²) in [5.41, 5.74) is 8.83. The van der Waals surface area contributed by atoms with Crippen LogP contribution in [0.25, 0.3) is 0 Å². The molecule has 0 aliphatic rings. The number of nitrogens with one attached hydrogen (secondary N) is 2. The second kappa shape index (κ2) is 6.95. The lowest BCUT2D eigenvalue weighted by atomic mass is 10.0. The number of benzene rings is 1. The van der Waals surface area contributed by atoms with Crippen molar-refractivity contribution >= 4 is 28.8 Å². The lowest BCUT2D eigenvalue weighted by Crippen LogP contribution is -2.05. The molecule has 0 fully saturated rings.